The van der Waals surface area contributed by atoms with Gasteiger partial charge in [0.05, 0.1) is 12.0 Å². The van der Waals surface area contributed by atoms with Crippen molar-refractivity contribution in [2.24, 2.45) is 5.73 Å². The van der Waals surface area contributed by atoms with E-state index in [0.29, 0.717) is 29.6 Å². The molecule has 0 spiro atoms. The number of amides is 2. The predicted octanol–water partition coefficient (Wildman–Crippen LogP) is 3.21. The van der Waals surface area contributed by atoms with Crippen LogP contribution in [0.15, 0.2) is 54.7 Å². The molecule has 2 heterocycles. The molecule has 1 aliphatic heterocycles. The Morgan fingerprint density at radius 3 is 2.56 bits per heavy atom. The van der Waals surface area contributed by atoms with E-state index in [1.807, 2.05) is 47.4 Å². The molecule has 1 aliphatic rings. The molecule has 0 atom stereocenters. The lowest BCUT2D eigenvalue weighted by atomic mass is 10.0. The molecule has 2 amide bonds. The van der Waals surface area contributed by atoms with Crippen LogP contribution < -0.4 is 11.1 Å². The monoisotopic (exact) mass is 449 g/mol. The highest BCUT2D eigenvalue weighted by molar-refractivity contribution is 6.31. The number of primary amides is 1. The molecule has 1 aromatic heterocycles. The van der Waals surface area contributed by atoms with Gasteiger partial charge in [0.15, 0.2) is 0 Å². The van der Waals surface area contributed by atoms with Crippen LogP contribution in [0, 0.1) is 0 Å². The maximum atomic E-state index is 12.3. The van der Waals surface area contributed by atoms with E-state index in [4.69, 9.17) is 17.3 Å². The number of hydrogen-bond donors (Lipinski definition) is 2. The van der Waals surface area contributed by atoms with Gasteiger partial charge in [0.25, 0.3) is 5.91 Å². The van der Waals surface area contributed by atoms with Crippen LogP contribution in [-0.4, -0.2) is 39.8 Å². The Morgan fingerprint density at radius 1 is 1.09 bits per heavy atom. The number of anilines is 1. The zero-order valence-electron chi connectivity index (χ0n) is 17.6. The lowest BCUT2D eigenvalue weighted by Gasteiger charge is -2.31. The molecule has 0 unspecified atom stereocenters. The summed E-state index contributed by atoms with van der Waals surface area (Å²) in [6.45, 7) is 2.13. The molecule has 32 heavy (non-hydrogen) atoms. The summed E-state index contributed by atoms with van der Waals surface area (Å²) in [4.78, 5) is 34.8. The molecule has 3 aromatic rings. The summed E-state index contributed by atoms with van der Waals surface area (Å²) in [7, 11) is 0. The Labute approximate surface area is 191 Å². The van der Waals surface area contributed by atoms with Gasteiger partial charge in [-0.3, -0.25) is 9.59 Å². The molecule has 164 valence electrons. The number of carbonyl (C=O) groups excluding carboxylic acids is 2. The summed E-state index contributed by atoms with van der Waals surface area (Å²) in [5.74, 6) is 0.427. The number of rotatable bonds is 8. The van der Waals surface area contributed by atoms with E-state index in [2.05, 4.69) is 15.3 Å². The lowest BCUT2D eigenvalue weighted by molar-refractivity contribution is -0.133. The van der Waals surface area contributed by atoms with E-state index in [1.54, 1.807) is 6.07 Å². The minimum atomic E-state index is -0.592. The van der Waals surface area contributed by atoms with E-state index in [9.17, 15) is 9.59 Å². The third-order valence-electron chi connectivity index (χ3n) is 5.43. The average molecular weight is 450 g/mol. The third kappa shape index (κ3) is 5.23. The SMILES string of the molecule is NC(=O)c1cnc(Cc2ccc(Cl)c(CC(=O)N3CCC3)c2)nc1NCc1ccccc1. The van der Waals surface area contributed by atoms with Crippen LogP contribution in [0.3, 0.4) is 0 Å². The summed E-state index contributed by atoms with van der Waals surface area (Å²) in [5, 5.41) is 3.75. The first-order chi connectivity index (χ1) is 15.5. The molecular formula is C24H24ClN5O2. The molecule has 0 aliphatic carbocycles. The minimum Gasteiger partial charge on any atom is -0.365 e. The second-order valence-electron chi connectivity index (χ2n) is 7.77. The van der Waals surface area contributed by atoms with Gasteiger partial charge in [-0.1, -0.05) is 54.1 Å². The van der Waals surface area contributed by atoms with Crippen LogP contribution in [0.25, 0.3) is 0 Å². The highest BCUT2D eigenvalue weighted by Crippen LogP contribution is 2.22. The van der Waals surface area contributed by atoms with Crippen LogP contribution >= 0.6 is 11.6 Å². The minimum absolute atomic E-state index is 0.0877. The van der Waals surface area contributed by atoms with Crippen LogP contribution in [0.2, 0.25) is 5.02 Å². The Morgan fingerprint density at radius 2 is 1.88 bits per heavy atom. The van der Waals surface area contributed by atoms with Gasteiger partial charge in [0.1, 0.15) is 11.6 Å². The maximum Gasteiger partial charge on any atom is 0.254 e. The highest BCUT2D eigenvalue weighted by atomic mass is 35.5. The Balaban J connectivity index is 1.51. The molecule has 1 fully saturated rings. The van der Waals surface area contributed by atoms with Crippen molar-refractivity contribution in [1.29, 1.82) is 0 Å². The zero-order chi connectivity index (χ0) is 22.5. The zero-order valence-corrected chi connectivity index (χ0v) is 18.3. The first-order valence-electron chi connectivity index (χ1n) is 10.5. The average Bonchev–Trinajstić information content (AvgIpc) is 2.74. The van der Waals surface area contributed by atoms with Gasteiger partial charge in [-0.2, -0.15) is 0 Å². The second kappa shape index (κ2) is 9.78. The Bertz CT molecular complexity index is 1130. The van der Waals surface area contributed by atoms with Crippen molar-refractivity contribution in [1.82, 2.24) is 14.9 Å². The van der Waals surface area contributed by atoms with E-state index < -0.39 is 5.91 Å². The summed E-state index contributed by atoms with van der Waals surface area (Å²) < 4.78 is 0. The fourth-order valence-corrected chi connectivity index (χ4v) is 3.68. The van der Waals surface area contributed by atoms with Gasteiger partial charge < -0.3 is 16.0 Å². The quantitative estimate of drug-likeness (QED) is 0.550. The van der Waals surface area contributed by atoms with E-state index in [1.165, 1.54) is 6.20 Å². The molecule has 2 aromatic carbocycles. The van der Waals surface area contributed by atoms with Gasteiger partial charge in [0.2, 0.25) is 5.91 Å². The number of nitrogens with one attached hydrogen (secondary N) is 1. The molecule has 0 bridgehead atoms. The summed E-state index contributed by atoms with van der Waals surface area (Å²) in [5.41, 5.74) is 8.51. The van der Waals surface area contributed by atoms with E-state index in [-0.39, 0.29) is 17.9 Å². The summed E-state index contributed by atoms with van der Waals surface area (Å²) in [6.07, 6.45) is 3.21. The summed E-state index contributed by atoms with van der Waals surface area (Å²) >= 11 is 6.33. The van der Waals surface area contributed by atoms with Gasteiger partial charge >= 0.3 is 0 Å². The predicted molar refractivity (Wildman–Crippen MR) is 123 cm³/mol. The normalized spacial score (nSPS) is 12.8. The van der Waals surface area contributed by atoms with Crippen molar-refractivity contribution >= 4 is 29.2 Å². The lowest BCUT2D eigenvalue weighted by Crippen LogP contribution is -2.42. The van der Waals surface area contributed by atoms with Gasteiger partial charge in [0, 0.05) is 37.3 Å². The fraction of sp³-hybridized carbons (Fsp3) is 0.250. The number of nitrogens with zero attached hydrogens (tertiary/aromatic N) is 3. The highest BCUT2D eigenvalue weighted by Gasteiger charge is 2.21. The smallest absolute Gasteiger partial charge is 0.254 e. The topological polar surface area (TPSA) is 101 Å². The number of aromatic nitrogens is 2. The second-order valence-corrected chi connectivity index (χ2v) is 8.17. The van der Waals surface area contributed by atoms with Gasteiger partial charge in [-0.05, 0) is 29.2 Å². The van der Waals surface area contributed by atoms with E-state index >= 15 is 0 Å². The number of benzene rings is 2. The molecule has 0 radical (unpaired) electrons. The maximum absolute atomic E-state index is 12.3. The molecule has 7 nitrogen and oxygen atoms in total. The third-order valence-corrected chi connectivity index (χ3v) is 5.80. The molecule has 0 saturated carbocycles. The molecule has 4 rings (SSSR count). The van der Waals surface area contributed by atoms with Crippen LogP contribution in [0.1, 0.15) is 39.3 Å². The number of nitrogens with two attached hydrogens (primary N) is 1. The van der Waals surface area contributed by atoms with Gasteiger partial charge in [-0.25, -0.2) is 9.97 Å². The van der Waals surface area contributed by atoms with Crippen molar-refractivity contribution in [3.8, 4) is 0 Å². The molecule has 1 saturated heterocycles. The largest absolute Gasteiger partial charge is 0.365 e. The Kier molecular flexibility index (Phi) is 6.66. The Hall–Kier alpha value is -3.45. The standard InChI is InChI=1S/C24H24ClN5O2/c25-20-8-7-17(11-18(20)13-22(31)30-9-4-10-30)12-21-27-15-19(23(26)32)24(29-21)28-14-16-5-2-1-3-6-16/h1-3,5-8,11,15H,4,9-10,12-14H2,(H2,26,32)(H,27,28,29). The number of hydrogen-bond acceptors (Lipinski definition) is 5. The van der Waals surface area contributed by atoms with E-state index in [0.717, 1.165) is 36.2 Å². The number of halogens is 1. The van der Waals surface area contributed by atoms with Crippen LogP contribution in [0.4, 0.5) is 5.82 Å². The van der Waals surface area contributed by atoms with Crippen molar-refractivity contribution in [3.05, 3.63) is 87.8 Å². The van der Waals surface area contributed by atoms with Crippen molar-refractivity contribution in [2.75, 3.05) is 18.4 Å². The molecule has 3 N–H and O–H groups in total. The van der Waals surface area contributed by atoms with Crippen molar-refractivity contribution < 1.29 is 9.59 Å². The fourth-order valence-electron chi connectivity index (χ4n) is 3.50. The first-order valence-corrected chi connectivity index (χ1v) is 10.9. The number of likely N-dealkylation sites (tertiary alicyclic amines) is 1. The van der Waals surface area contributed by atoms with Crippen LogP contribution in [-0.2, 0) is 24.2 Å². The van der Waals surface area contributed by atoms with Crippen molar-refractivity contribution in [3.63, 3.8) is 0 Å². The van der Waals surface area contributed by atoms with Gasteiger partial charge in [-0.15, -0.1) is 0 Å². The molecule has 8 heteroatoms. The van der Waals surface area contributed by atoms with Crippen LogP contribution in [0.5, 0.6) is 0 Å². The molecular weight excluding hydrogens is 426 g/mol. The number of carbonyl (C=O) groups is 2. The van der Waals surface area contributed by atoms with Crippen molar-refractivity contribution in [2.45, 2.75) is 25.8 Å². The first kappa shape index (κ1) is 21.8. The summed E-state index contributed by atoms with van der Waals surface area (Å²) in [6, 6.07) is 15.4.